The van der Waals surface area contributed by atoms with Gasteiger partial charge in [-0.3, -0.25) is 4.98 Å². The smallest absolute Gasteiger partial charge is 0.133 e. The molecule has 0 spiro atoms. The van der Waals surface area contributed by atoms with Crippen LogP contribution in [0.3, 0.4) is 0 Å². The van der Waals surface area contributed by atoms with E-state index in [-0.39, 0.29) is 0 Å². The lowest BCUT2D eigenvalue weighted by atomic mass is 10.1. The third-order valence-corrected chi connectivity index (χ3v) is 2.28. The van der Waals surface area contributed by atoms with E-state index in [1.54, 1.807) is 12.4 Å². The highest BCUT2D eigenvalue weighted by Crippen LogP contribution is 2.27. The lowest BCUT2D eigenvalue weighted by molar-refractivity contribution is 0.474. The van der Waals surface area contributed by atoms with Crippen LogP contribution < -0.4 is 4.74 Å². The van der Waals surface area contributed by atoms with Gasteiger partial charge in [-0.05, 0) is 37.1 Å². The number of hydrogen-bond acceptors (Lipinski definition) is 2. The summed E-state index contributed by atoms with van der Waals surface area (Å²) in [5, 5.41) is 0. The first kappa shape index (κ1) is 9.71. The van der Waals surface area contributed by atoms with Gasteiger partial charge >= 0.3 is 0 Å². The Morgan fingerprint density at radius 3 is 2.13 bits per heavy atom. The number of benzene rings is 1. The van der Waals surface area contributed by atoms with E-state index < -0.39 is 0 Å². The number of pyridine rings is 1. The molecule has 0 unspecified atom stereocenters. The summed E-state index contributed by atoms with van der Waals surface area (Å²) < 4.78 is 5.80. The van der Waals surface area contributed by atoms with Crippen LogP contribution in [0.5, 0.6) is 11.5 Å². The molecule has 2 rings (SSSR count). The maximum absolute atomic E-state index is 5.80. The number of aromatic nitrogens is 1. The van der Waals surface area contributed by atoms with E-state index in [4.69, 9.17) is 4.74 Å². The van der Waals surface area contributed by atoms with Crippen LogP contribution in [-0.4, -0.2) is 4.98 Å². The minimum absolute atomic E-state index is 0.822. The van der Waals surface area contributed by atoms with Crippen LogP contribution in [-0.2, 0) is 0 Å². The Kier molecular flexibility index (Phi) is 2.68. The molecule has 76 valence electrons. The molecule has 0 aliphatic heterocycles. The molecule has 0 radical (unpaired) electrons. The third-order valence-electron chi connectivity index (χ3n) is 2.28. The predicted molar refractivity (Wildman–Crippen MR) is 60.2 cm³/mol. The van der Waals surface area contributed by atoms with Gasteiger partial charge in [-0.2, -0.15) is 0 Å². The van der Waals surface area contributed by atoms with E-state index in [2.05, 4.69) is 4.98 Å². The first-order valence-corrected chi connectivity index (χ1v) is 4.91. The maximum Gasteiger partial charge on any atom is 0.133 e. The van der Waals surface area contributed by atoms with Crippen molar-refractivity contribution in [2.45, 2.75) is 13.8 Å². The van der Waals surface area contributed by atoms with Crippen molar-refractivity contribution in [1.29, 1.82) is 0 Å². The molecule has 0 amide bonds. The van der Waals surface area contributed by atoms with Crippen molar-refractivity contribution in [1.82, 2.24) is 4.98 Å². The van der Waals surface area contributed by atoms with Crippen molar-refractivity contribution in [3.05, 3.63) is 53.9 Å². The number of para-hydroxylation sites is 1. The van der Waals surface area contributed by atoms with Crippen LogP contribution in [0.2, 0.25) is 0 Å². The Balaban J connectivity index is 2.32. The largest absolute Gasteiger partial charge is 0.457 e. The predicted octanol–water partition coefficient (Wildman–Crippen LogP) is 3.49. The number of rotatable bonds is 2. The molecule has 0 saturated heterocycles. The molecule has 0 aliphatic carbocycles. The molecule has 2 heteroatoms. The second-order valence-electron chi connectivity index (χ2n) is 3.51. The minimum Gasteiger partial charge on any atom is -0.457 e. The van der Waals surface area contributed by atoms with Crippen LogP contribution in [0.1, 0.15) is 11.1 Å². The fraction of sp³-hybridized carbons (Fsp3) is 0.154. The van der Waals surface area contributed by atoms with Gasteiger partial charge in [-0.25, -0.2) is 0 Å². The number of hydrogen-bond donors (Lipinski definition) is 0. The normalized spacial score (nSPS) is 10.0. The molecule has 1 aromatic carbocycles. The monoisotopic (exact) mass is 199 g/mol. The summed E-state index contributed by atoms with van der Waals surface area (Å²) in [6.07, 6.45) is 3.45. The molecule has 0 saturated carbocycles. The van der Waals surface area contributed by atoms with Gasteiger partial charge in [-0.15, -0.1) is 0 Å². The Morgan fingerprint density at radius 2 is 1.53 bits per heavy atom. The minimum atomic E-state index is 0.822. The van der Waals surface area contributed by atoms with Crippen molar-refractivity contribution < 1.29 is 4.74 Å². The van der Waals surface area contributed by atoms with Gasteiger partial charge in [-0.1, -0.05) is 18.2 Å². The van der Waals surface area contributed by atoms with Crippen LogP contribution >= 0.6 is 0 Å². The zero-order valence-electron chi connectivity index (χ0n) is 8.90. The van der Waals surface area contributed by atoms with Gasteiger partial charge in [0.25, 0.3) is 0 Å². The molecule has 15 heavy (non-hydrogen) atoms. The fourth-order valence-corrected chi connectivity index (χ4v) is 1.48. The highest BCUT2D eigenvalue weighted by molar-refractivity contribution is 5.42. The zero-order chi connectivity index (χ0) is 10.7. The van der Waals surface area contributed by atoms with Gasteiger partial charge < -0.3 is 4.74 Å². The Bertz CT molecular complexity index is 431. The summed E-state index contributed by atoms with van der Waals surface area (Å²) >= 11 is 0. The highest BCUT2D eigenvalue weighted by Gasteiger charge is 2.03. The van der Waals surface area contributed by atoms with Crippen LogP contribution in [0.15, 0.2) is 42.7 Å². The van der Waals surface area contributed by atoms with Crippen LogP contribution in [0.25, 0.3) is 0 Å². The fourth-order valence-electron chi connectivity index (χ4n) is 1.48. The first-order chi connectivity index (χ1) is 7.27. The van der Waals surface area contributed by atoms with E-state index in [0.29, 0.717) is 0 Å². The van der Waals surface area contributed by atoms with Crippen molar-refractivity contribution in [3.8, 4) is 11.5 Å². The molecule has 2 aromatic rings. The van der Waals surface area contributed by atoms with Gasteiger partial charge in [0.05, 0.1) is 0 Å². The Morgan fingerprint density at radius 1 is 0.933 bits per heavy atom. The van der Waals surface area contributed by atoms with Crippen molar-refractivity contribution >= 4 is 0 Å². The molecule has 0 N–H and O–H groups in total. The van der Waals surface area contributed by atoms with E-state index in [0.717, 1.165) is 22.6 Å². The molecule has 0 atom stereocenters. The average Bonchev–Trinajstić information content (AvgIpc) is 2.25. The molecule has 2 nitrogen and oxygen atoms in total. The lowest BCUT2D eigenvalue weighted by Gasteiger charge is -2.10. The second kappa shape index (κ2) is 4.13. The summed E-state index contributed by atoms with van der Waals surface area (Å²) in [6.45, 7) is 4.09. The number of nitrogens with zero attached hydrogens (tertiary/aromatic N) is 1. The maximum atomic E-state index is 5.80. The van der Waals surface area contributed by atoms with Gasteiger partial charge in [0.1, 0.15) is 11.5 Å². The van der Waals surface area contributed by atoms with Crippen LogP contribution in [0.4, 0.5) is 0 Å². The molecular formula is C13H13NO. The summed E-state index contributed by atoms with van der Waals surface area (Å²) in [4.78, 5) is 3.95. The first-order valence-electron chi connectivity index (χ1n) is 4.91. The van der Waals surface area contributed by atoms with E-state index in [9.17, 15) is 0 Å². The lowest BCUT2D eigenvalue weighted by Crippen LogP contribution is -1.90. The van der Waals surface area contributed by atoms with Crippen molar-refractivity contribution in [3.63, 3.8) is 0 Å². The van der Waals surface area contributed by atoms with E-state index in [1.807, 2.05) is 44.2 Å². The SMILES string of the molecule is Cc1cccc(C)c1Oc1ccncc1. The topological polar surface area (TPSA) is 22.1 Å². The number of aryl methyl sites for hydroxylation is 2. The summed E-state index contributed by atoms with van der Waals surface area (Å²) in [7, 11) is 0. The van der Waals surface area contributed by atoms with Gasteiger partial charge in [0.15, 0.2) is 0 Å². The third kappa shape index (κ3) is 2.15. The van der Waals surface area contributed by atoms with Crippen molar-refractivity contribution in [2.24, 2.45) is 0 Å². The molecule has 1 aromatic heterocycles. The Hall–Kier alpha value is -1.83. The van der Waals surface area contributed by atoms with Crippen LogP contribution in [0, 0.1) is 13.8 Å². The van der Waals surface area contributed by atoms with Crippen molar-refractivity contribution in [2.75, 3.05) is 0 Å². The molecule has 1 heterocycles. The molecule has 0 bridgehead atoms. The standard InChI is InChI=1S/C13H13NO/c1-10-4-3-5-11(2)13(10)15-12-6-8-14-9-7-12/h3-9H,1-2H3. The average molecular weight is 199 g/mol. The molecule has 0 aliphatic rings. The van der Waals surface area contributed by atoms with E-state index in [1.165, 1.54) is 0 Å². The molecular weight excluding hydrogens is 186 g/mol. The van der Waals surface area contributed by atoms with E-state index >= 15 is 0 Å². The number of ether oxygens (including phenoxy) is 1. The highest BCUT2D eigenvalue weighted by atomic mass is 16.5. The molecule has 0 fully saturated rings. The van der Waals surface area contributed by atoms with Gasteiger partial charge in [0.2, 0.25) is 0 Å². The summed E-state index contributed by atoms with van der Waals surface area (Å²) in [5.41, 5.74) is 2.29. The summed E-state index contributed by atoms with van der Waals surface area (Å²) in [5.74, 6) is 1.76. The zero-order valence-corrected chi connectivity index (χ0v) is 8.90. The second-order valence-corrected chi connectivity index (χ2v) is 3.51. The quantitative estimate of drug-likeness (QED) is 0.738. The summed E-state index contributed by atoms with van der Waals surface area (Å²) in [6, 6.07) is 9.83. The Labute approximate surface area is 89.6 Å². The van der Waals surface area contributed by atoms with Gasteiger partial charge in [0, 0.05) is 12.4 Å².